The normalized spacial score (nSPS) is 17.8. The third-order valence-corrected chi connectivity index (χ3v) is 5.76. The Morgan fingerprint density at radius 3 is 2.80 bits per heavy atom. The molecule has 1 fully saturated rings. The van der Waals surface area contributed by atoms with Crippen LogP contribution in [0.5, 0.6) is 11.5 Å². The Morgan fingerprint density at radius 2 is 2.03 bits per heavy atom. The lowest BCUT2D eigenvalue weighted by atomic mass is 10.0. The minimum absolute atomic E-state index is 0.0169. The van der Waals surface area contributed by atoms with Gasteiger partial charge in [0.25, 0.3) is 0 Å². The quantitative estimate of drug-likeness (QED) is 0.625. The Kier molecular flexibility index (Phi) is 5.95. The lowest BCUT2D eigenvalue weighted by Gasteiger charge is -2.26. The Morgan fingerprint density at radius 1 is 1.20 bits per heavy atom. The van der Waals surface area contributed by atoms with Gasteiger partial charge in [-0.2, -0.15) is 0 Å². The average molecular weight is 408 g/mol. The maximum Gasteiger partial charge on any atom is 0.234 e. The van der Waals surface area contributed by atoms with Crippen LogP contribution in [0.1, 0.15) is 43.2 Å². The largest absolute Gasteiger partial charge is 0.497 e. The molecule has 1 N–H and O–H groups in total. The fourth-order valence-electron chi connectivity index (χ4n) is 4.23. The third-order valence-electron chi connectivity index (χ3n) is 5.76. The maximum atomic E-state index is 12.8. The number of methoxy groups -OCH3 is 2. The predicted octanol–water partition coefficient (Wildman–Crippen LogP) is 4.46. The zero-order valence-electron chi connectivity index (χ0n) is 17.7. The number of hydrogen-bond acceptors (Lipinski definition) is 5. The van der Waals surface area contributed by atoms with Gasteiger partial charge in [-0.25, -0.2) is 0 Å². The number of carbonyl (C=O) groups is 1. The van der Waals surface area contributed by atoms with Crippen molar-refractivity contribution in [2.45, 2.75) is 31.8 Å². The number of furan rings is 1. The van der Waals surface area contributed by atoms with Crippen molar-refractivity contribution >= 4 is 16.9 Å². The van der Waals surface area contributed by atoms with Crippen molar-refractivity contribution in [3.8, 4) is 11.5 Å². The smallest absolute Gasteiger partial charge is 0.234 e. The van der Waals surface area contributed by atoms with E-state index < -0.39 is 0 Å². The van der Waals surface area contributed by atoms with E-state index in [0.29, 0.717) is 6.54 Å². The second kappa shape index (κ2) is 8.79. The minimum Gasteiger partial charge on any atom is -0.497 e. The molecule has 0 aliphatic carbocycles. The SMILES string of the molecule is COc1ccc(OC)c([C@H]2CCCN2CC(=O)N[C@@H](C)c2cc3ccccc3o2)c1. The number of para-hydroxylation sites is 1. The van der Waals surface area contributed by atoms with Gasteiger partial charge in [-0.05, 0) is 56.6 Å². The predicted molar refractivity (Wildman–Crippen MR) is 116 cm³/mol. The highest BCUT2D eigenvalue weighted by atomic mass is 16.5. The molecule has 0 bridgehead atoms. The molecule has 6 nitrogen and oxygen atoms in total. The van der Waals surface area contributed by atoms with E-state index in [9.17, 15) is 4.79 Å². The Balaban J connectivity index is 1.44. The number of likely N-dealkylation sites (tertiary alicyclic amines) is 1. The van der Waals surface area contributed by atoms with Crippen LogP contribution in [0.15, 0.2) is 52.9 Å². The summed E-state index contributed by atoms with van der Waals surface area (Å²) in [5.41, 5.74) is 1.89. The summed E-state index contributed by atoms with van der Waals surface area (Å²) in [4.78, 5) is 15.0. The van der Waals surface area contributed by atoms with Gasteiger partial charge in [0.2, 0.25) is 5.91 Å². The zero-order chi connectivity index (χ0) is 21.1. The van der Waals surface area contributed by atoms with Gasteiger partial charge in [-0.1, -0.05) is 18.2 Å². The number of amides is 1. The van der Waals surface area contributed by atoms with Gasteiger partial charge in [0.1, 0.15) is 22.8 Å². The number of hydrogen-bond donors (Lipinski definition) is 1. The molecule has 1 amide bonds. The topological polar surface area (TPSA) is 63.9 Å². The third kappa shape index (κ3) is 4.14. The summed E-state index contributed by atoms with van der Waals surface area (Å²) in [5, 5.41) is 4.12. The molecule has 0 saturated carbocycles. The van der Waals surface area contributed by atoms with Crippen LogP contribution < -0.4 is 14.8 Å². The van der Waals surface area contributed by atoms with Gasteiger partial charge < -0.3 is 19.2 Å². The lowest BCUT2D eigenvalue weighted by Crippen LogP contribution is -2.38. The van der Waals surface area contributed by atoms with Crippen LogP contribution in [0, 0.1) is 0 Å². The van der Waals surface area contributed by atoms with Gasteiger partial charge in [0.15, 0.2) is 0 Å². The molecule has 4 rings (SSSR count). The second-order valence-electron chi connectivity index (χ2n) is 7.71. The molecule has 0 spiro atoms. The Hall–Kier alpha value is -2.99. The molecular formula is C24H28N2O4. The van der Waals surface area contributed by atoms with Crippen molar-refractivity contribution in [3.63, 3.8) is 0 Å². The van der Waals surface area contributed by atoms with E-state index in [1.165, 1.54) is 0 Å². The first-order chi connectivity index (χ1) is 14.6. The molecule has 0 unspecified atom stereocenters. The number of carbonyl (C=O) groups excluding carboxylic acids is 1. The minimum atomic E-state index is -0.197. The molecule has 3 aromatic rings. The maximum absolute atomic E-state index is 12.8. The summed E-state index contributed by atoms with van der Waals surface area (Å²) in [7, 11) is 3.33. The van der Waals surface area contributed by atoms with Crippen molar-refractivity contribution in [2.75, 3.05) is 27.3 Å². The molecule has 1 aromatic heterocycles. The highest BCUT2D eigenvalue weighted by Crippen LogP contribution is 2.38. The second-order valence-corrected chi connectivity index (χ2v) is 7.71. The number of nitrogens with zero attached hydrogens (tertiary/aromatic N) is 1. The molecule has 0 radical (unpaired) electrons. The van der Waals surface area contributed by atoms with Crippen LogP contribution in [0.3, 0.4) is 0 Å². The van der Waals surface area contributed by atoms with E-state index in [1.54, 1.807) is 14.2 Å². The molecule has 6 heteroatoms. The van der Waals surface area contributed by atoms with Gasteiger partial charge >= 0.3 is 0 Å². The van der Waals surface area contributed by atoms with E-state index in [2.05, 4.69) is 10.2 Å². The van der Waals surface area contributed by atoms with Crippen LogP contribution in [0.25, 0.3) is 11.0 Å². The van der Waals surface area contributed by atoms with Gasteiger partial charge in [-0.15, -0.1) is 0 Å². The molecule has 2 heterocycles. The summed E-state index contributed by atoms with van der Waals surface area (Å²) >= 11 is 0. The molecular weight excluding hydrogens is 380 g/mol. The highest BCUT2D eigenvalue weighted by molar-refractivity contribution is 5.80. The van der Waals surface area contributed by atoms with Crippen molar-refractivity contribution in [1.29, 1.82) is 0 Å². The first-order valence-corrected chi connectivity index (χ1v) is 10.3. The van der Waals surface area contributed by atoms with E-state index in [-0.39, 0.29) is 18.0 Å². The van der Waals surface area contributed by atoms with Crippen LogP contribution >= 0.6 is 0 Å². The van der Waals surface area contributed by atoms with Crippen LogP contribution in [0.4, 0.5) is 0 Å². The summed E-state index contributed by atoms with van der Waals surface area (Å²) in [6.07, 6.45) is 2.02. The van der Waals surface area contributed by atoms with Gasteiger partial charge in [0.05, 0.1) is 26.8 Å². The van der Waals surface area contributed by atoms with E-state index in [4.69, 9.17) is 13.9 Å². The number of benzene rings is 2. The molecule has 158 valence electrons. The van der Waals surface area contributed by atoms with Gasteiger partial charge in [0, 0.05) is 17.0 Å². The van der Waals surface area contributed by atoms with Crippen molar-refractivity contribution in [1.82, 2.24) is 10.2 Å². The van der Waals surface area contributed by atoms with Crippen LogP contribution in [-0.2, 0) is 4.79 Å². The zero-order valence-corrected chi connectivity index (χ0v) is 17.7. The van der Waals surface area contributed by atoms with Gasteiger partial charge in [-0.3, -0.25) is 9.69 Å². The highest BCUT2D eigenvalue weighted by Gasteiger charge is 2.30. The Labute approximate surface area is 176 Å². The fraction of sp³-hybridized carbons (Fsp3) is 0.375. The van der Waals surface area contributed by atoms with Crippen LogP contribution in [-0.4, -0.2) is 38.1 Å². The number of rotatable bonds is 7. The molecule has 1 aliphatic heterocycles. The first-order valence-electron chi connectivity index (χ1n) is 10.3. The van der Waals surface area contributed by atoms with Crippen molar-refractivity contribution in [2.24, 2.45) is 0 Å². The Bertz CT molecular complexity index is 996. The van der Waals surface area contributed by atoms with E-state index in [0.717, 1.165) is 53.2 Å². The molecule has 2 atom stereocenters. The summed E-state index contributed by atoms with van der Waals surface area (Å²) in [6, 6.07) is 15.6. The first kappa shape index (κ1) is 20.3. The van der Waals surface area contributed by atoms with Crippen molar-refractivity contribution < 1.29 is 18.7 Å². The summed E-state index contributed by atoms with van der Waals surface area (Å²) < 4.78 is 16.8. The van der Waals surface area contributed by atoms with E-state index >= 15 is 0 Å². The number of fused-ring (bicyclic) bond motifs is 1. The lowest BCUT2D eigenvalue weighted by molar-refractivity contribution is -0.123. The fourth-order valence-corrected chi connectivity index (χ4v) is 4.23. The van der Waals surface area contributed by atoms with Crippen LogP contribution in [0.2, 0.25) is 0 Å². The number of ether oxygens (including phenoxy) is 2. The molecule has 30 heavy (non-hydrogen) atoms. The van der Waals surface area contributed by atoms with E-state index in [1.807, 2.05) is 55.5 Å². The monoisotopic (exact) mass is 408 g/mol. The summed E-state index contributed by atoms with van der Waals surface area (Å²) in [6.45, 7) is 3.15. The number of nitrogens with one attached hydrogen (secondary N) is 1. The van der Waals surface area contributed by atoms with Crippen molar-refractivity contribution in [3.05, 3.63) is 59.9 Å². The standard InChI is InChI=1S/C24H28N2O4/c1-16(23-13-17-7-4-5-9-21(17)30-23)25-24(27)15-26-12-6-8-20(26)19-14-18(28-2)10-11-22(19)29-3/h4-5,7,9-11,13-14,16,20H,6,8,12,15H2,1-3H3,(H,25,27)/t16-,20+/m0/s1. The molecule has 2 aromatic carbocycles. The molecule has 1 saturated heterocycles. The molecule has 1 aliphatic rings. The average Bonchev–Trinajstić information content (AvgIpc) is 3.40. The summed E-state index contributed by atoms with van der Waals surface area (Å²) in [5.74, 6) is 2.36.